The molecule has 3 nitrogen and oxygen atoms in total. The highest BCUT2D eigenvalue weighted by Crippen LogP contribution is 2.34. The van der Waals surface area contributed by atoms with Crippen LogP contribution in [0.4, 0.5) is 36.4 Å². The lowest BCUT2D eigenvalue weighted by Gasteiger charge is -2.16. The molecule has 0 saturated carbocycles. The summed E-state index contributed by atoms with van der Waals surface area (Å²) in [7, 11) is 3.27. The molecule has 0 N–H and O–H groups in total. The van der Waals surface area contributed by atoms with Crippen molar-refractivity contribution in [1.29, 1.82) is 0 Å². The highest BCUT2D eigenvalue weighted by atomic mass is 19.4. The average Bonchev–Trinajstić information content (AvgIpc) is 2.60. The number of nitrogens with zero attached hydrogens (tertiary/aromatic N) is 1. The first kappa shape index (κ1) is 23.1. The van der Waals surface area contributed by atoms with Crippen LogP contribution in [0.25, 0.3) is 0 Å². The molecule has 0 amide bonds. The minimum absolute atomic E-state index is 0.0439. The SMILES string of the molecule is CN(C)c1ccc(C=O)c(C(F)(F)F)c1.O=Cc1ccc(F)cc1C(F)(F)F. The van der Waals surface area contributed by atoms with E-state index in [2.05, 4.69) is 0 Å². The maximum atomic E-state index is 12.5. The zero-order chi connectivity index (χ0) is 21.7. The van der Waals surface area contributed by atoms with Crippen molar-refractivity contribution in [3.63, 3.8) is 0 Å². The lowest BCUT2D eigenvalue weighted by atomic mass is 10.1. The van der Waals surface area contributed by atoms with E-state index >= 15 is 0 Å². The summed E-state index contributed by atoms with van der Waals surface area (Å²) in [6, 6.07) is 5.50. The molecule has 0 unspecified atom stereocenters. The summed E-state index contributed by atoms with van der Waals surface area (Å²) in [5.74, 6) is -1.02. The summed E-state index contributed by atoms with van der Waals surface area (Å²) < 4.78 is 86.2. The van der Waals surface area contributed by atoms with Gasteiger partial charge in [-0.15, -0.1) is 0 Å². The number of carbonyl (C=O) groups excluding carboxylic acids is 2. The minimum atomic E-state index is -4.70. The Hall–Kier alpha value is -2.91. The predicted molar refractivity (Wildman–Crippen MR) is 87.9 cm³/mol. The molecule has 0 spiro atoms. The molecular formula is C18H14F7NO2. The van der Waals surface area contributed by atoms with E-state index < -0.39 is 34.9 Å². The van der Waals surface area contributed by atoms with Gasteiger partial charge in [-0.1, -0.05) is 0 Å². The highest BCUT2D eigenvalue weighted by Gasteiger charge is 2.34. The van der Waals surface area contributed by atoms with Gasteiger partial charge in [0, 0.05) is 30.9 Å². The van der Waals surface area contributed by atoms with Gasteiger partial charge in [0.25, 0.3) is 0 Å². The van der Waals surface area contributed by atoms with Crippen LogP contribution in [0.5, 0.6) is 0 Å². The molecule has 0 radical (unpaired) electrons. The predicted octanol–water partition coefficient (Wildman–Crippen LogP) is 5.24. The Kier molecular flexibility index (Phi) is 7.31. The molecular weight excluding hydrogens is 395 g/mol. The minimum Gasteiger partial charge on any atom is -0.378 e. The molecule has 0 fully saturated rings. The number of alkyl halides is 6. The second kappa shape index (κ2) is 8.85. The number of anilines is 1. The summed E-state index contributed by atoms with van der Waals surface area (Å²) in [5, 5.41) is 0. The van der Waals surface area contributed by atoms with Gasteiger partial charge in [-0.2, -0.15) is 26.3 Å². The van der Waals surface area contributed by atoms with Crippen LogP contribution < -0.4 is 4.90 Å². The molecule has 0 aliphatic heterocycles. The molecule has 2 rings (SSSR count). The number of halogens is 7. The first-order valence-electron chi connectivity index (χ1n) is 7.47. The Labute approximate surface area is 155 Å². The van der Waals surface area contributed by atoms with E-state index in [4.69, 9.17) is 0 Å². The van der Waals surface area contributed by atoms with Crippen molar-refractivity contribution >= 4 is 18.3 Å². The second-order valence-electron chi connectivity index (χ2n) is 5.63. The van der Waals surface area contributed by atoms with Gasteiger partial charge in [0.15, 0.2) is 12.6 Å². The molecule has 0 bridgehead atoms. The topological polar surface area (TPSA) is 37.4 Å². The van der Waals surface area contributed by atoms with Gasteiger partial charge in [0.1, 0.15) is 5.82 Å². The van der Waals surface area contributed by atoms with Crippen molar-refractivity contribution in [3.05, 3.63) is 64.5 Å². The van der Waals surface area contributed by atoms with Gasteiger partial charge in [-0.25, -0.2) is 4.39 Å². The Morgan fingerprint density at radius 1 is 0.750 bits per heavy atom. The van der Waals surface area contributed by atoms with Gasteiger partial charge in [-0.3, -0.25) is 9.59 Å². The summed E-state index contributed by atoms with van der Waals surface area (Å²) in [6.45, 7) is 0. The molecule has 0 atom stereocenters. The maximum absolute atomic E-state index is 12.5. The Morgan fingerprint density at radius 2 is 1.18 bits per heavy atom. The van der Waals surface area contributed by atoms with Crippen LogP contribution >= 0.6 is 0 Å². The van der Waals surface area contributed by atoms with E-state index in [-0.39, 0.29) is 18.1 Å². The monoisotopic (exact) mass is 409 g/mol. The number of carbonyl (C=O) groups is 2. The van der Waals surface area contributed by atoms with Crippen molar-refractivity contribution in [2.45, 2.75) is 12.4 Å². The quantitative estimate of drug-likeness (QED) is 0.514. The largest absolute Gasteiger partial charge is 0.417 e. The van der Waals surface area contributed by atoms with Crippen LogP contribution in [0.2, 0.25) is 0 Å². The van der Waals surface area contributed by atoms with Crippen LogP contribution in [0.15, 0.2) is 36.4 Å². The molecule has 0 saturated heterocycles. The third kappa shape index (κ3) is 6.07. The molecule has 28 heavy (non-hydrogen) atoms. The molecule has 0 heterocycles. The van der Waals surface area contributed by atoms with Crippen molar-refractivity contribution in [1.82, 2.24) is 0 Å². The Bertz CT molecular complexity index is 843. The fourth-order valence-electron chi connectivity index (χ4n) is 2.05. The third-order valence-corrected chi connectivity index (χ3v) is 3.43. The molecule has 0 aliphatic rings. The van der Waals surface area contributed by atoms with Crippen LogP contribution in [0.1, 0.15) is 31.8 Å². The number of rotatable bonds is 3. The average molecular weight is 409 g/mol. The molecule has 10 heteroatoms. The molecule has 152 valence electrons. The fourth-order valence-corrected chi connectivity index (χ4v) is 2.05. The third-order valence-electron chi connectivity index (χ3n) is 3.43. The number of hydrogen-bond donors (Lipinski definition) is 0. The van der Waals surface area contributed by atoms with Gasteiger partial charge in [0.05, 0.1) is 11.1 Å². The number of benzene rings is 2. The van der Waals surface area contributed by atoms with E-state index in [1.165, 1.54) is 12.1 Å². The van der Waals surface area contributed by atoms with Crippen LogP contribution in [-0.4, -0.2) is 26.7 Å². The Balaban J connectivity index is 0.000000283. The zero-order valence-corrected chi connectivity index (χ0v) is 14.5. The van der Waals surface area contributed by atoms with E-state index in [1.54, 1.807) is 19.0 Å². The lowest BCUT2D eigenvalue weighted by molar-refractivity contribution is -0.138. The van der Waals surface area contributed by atoms with Crippen LogP contribution in [0, 0.1) is 5.82 Å². The molecule has 0 aliphatic carbocycles. The summed E-state index contributed by atoms with van der Waals surface area (Å²) in [6.07, 6.45) is -8.94. The molecule has 2 aromatic carbocycles. The van der Waals surface area contributed by atoms with Crippen LogP contribution in [0.3, 0.4) is 0 Å². The smallest absolute Gasteiger partial charge is 0.378 e. The fraction of sp³-hybridized carbons (Fsp3) is 0.222. The maximum Gasteiger partial charge on any atom is 0.417 e. The van der Waals surface area contributed by atoms with E-state index in [0.29, 0.717) is 11.8 Å². The van der Waals surface area contributed by atoms with Gasteiger partial charge >= 0.3 is 12.4 Å². The normalized spacial score (nSPS) is 11.3. The molecule has 0 aromatic heterocycles. The van der Waals surface area contributed by atoms with E-state index in [1.807, 2.05) is 0 Å². The van der Waals surface area contributed by atoms with E-state index in [9.17, 15) is 40.3 Å². The summed E-state index contributed by atoms with van der Waals surface area (Å²) in [4.78, 5) is 22.1. The van der Waals surface area contributed by atoms with Crippen molar-refractivity contribution in [2.24, 2.45) is 0 Å². The number of aldehydes is 2. The van der Waals surface area contributed by atoms with Gasteiger partial charge in [0.2, 0.25) is 0 Å². The standard InChI is InChI=1S/C10H10F3NO.C8H4F4O/c1-14(2)8-4-3-7(6-15)9(5-8)10(11,12)13;9-6-2-1-5(4-13)7(3-6)8(10,11)12/h3-6H,1-2H3;1-4H. The summed E-state index contributed by atoms with van der Waals surface area (Å²) in [5.41, 5.74) is -2.64. The zero-order valence-electron chi connectivity index (χ0n) is 14.5. The Morgan fingerprint density at radius 3 is 1.57 bits per heavy atom. The van der Waals surface area contributed by atoms with Gasteiger partial charge in [-0.05, 0) is 36.4 Å². The van der Waals surface area contributed by atoms with Gasteiger partial charge < -0.3 is 4.90 Å². The first-order valence-corrected chi connectivity index (χ1v) is 7.47. The van der Waals surface area contributed by atoms with Crippen molar-refractivity contribution in [3.8, 4) is 0 Å². The van der Waals surface area contributed by atoms with E-state index in [0.717, 1.165) is 18.2 Å². The lowest BCUT2D eigenvalue weighted by Crippen LogP contribution is -2.13. The highest BCUT2D eigenvalue weighted by molar-refractivity contribution is 5.79. The van der Waals surface area contributed by atoms with Crippen molar-refractivity contribution < 1.29 is 40.3 Å². The van der Waals surface area contributed by atoms with Crippen LogP contribution in [-0.2, 0) is 12.4 Å². The summed E-state index contributed by atoms with van der Waals surface area (Å²) >= 11 is 0. The number of hydrogen-bond acceptors (Lipinski definition) is 3. The second-order valence-corrected chi connectivity index (χ2v) is 5.63. The van der Waals surface area contributed by atoms with Crippen molar-refractivity contribution in [2.75, 3.05) is 19.0 Å². The first-order chi connectivity index (χ1) is 12.8. The molecule has 2 aromatic rings.